The Morgan fingerprint density at radius 3 is 3.00 bits per heavy atom. The molecule has 0 saturated carbocycles. The van der Waals surface area contributed by atoms with Crippen molar-refractivity contribution in [2.24, 2.45) is 0 Å². The fourth-order valence-corrected chi connectivity index (χ4v) is 0.667. The van der Waals surface area contributed by atoms with Crippen molar-refractivity contribution in [3.8, 4) is 0 Å². The number of carbonyl (C=O) groups excluding carboxylic acids is 1. The van der Waals surface area contributed by atoms with Gasteiger partial charge in [0.15, 0.2) is 0 Å². The number of aldehydes is 1. The van der Waals surface area contributed by atoms with Crippen LogP contribution in [0.5, 0.6) is 0 Å². The molecule has 0 aromatic heterocycles. The summed E-state index contributed by atoms with van der Waals surface area (Å²) in [4.78, 5) is 10.0. The molecule has 1 aliphatic rings. The van der Waals surface area contributed by atoms with Gasteiger partial charge in [0.25, 0.3) is 0 Å². The van der Waals surface area contributed by atoms with E-state index in [9.17, 15) is 4.79 Å². The summed E-state index contributed by atoms with van der Waals surface area (Å²) in [5, 5.41) is 2.88. The standard InChI is InChI=1S/C5H9NO2/c7-3-5-1-2-8-4-6-5/h3,5-6H,1-2,4H2. The molecule has 0 bridgehead atoms. The topological polar surface area (TPSA) is 38.3 Å². The van der Waals surface area contributed by atoms with Crippen molar-refractivity contribution < 1.29 is 9.53 Å². The predicted octanol–water partition coefficient (Wildman–Crippen LogP) is -0.479. The van der Waals surface area contributed by atoms with E-state index >= 15 is 0 Å². The Morgan fingerprint density at radius 2 is 2.62 bits per heavy atom. The van der Waals surface area contributed by atoms with Gasteiger partial charge in [-0.3, -0.25) is 5.32 Å². The maximum absolute atomic E-state index is 10.0. The van der Waals surface area contributed by atoms with Crippen LogP contribution in [0.1, 0.15) is 6.42 Å². The van der Waals surface area contributed by atoms with Crippen LogP contribution >= 0.6 is 0 Å². The summed E-state index contributed by atoms with van der Waals surface area (Å²) >= 11 is 0. The molecule has 0 aliphatic carbocycles. The second-order valence-electron chi connectivity index (χ2n) is 1.79. The Balaban J connectivity index is 2.22. The second kappa shape index (κ2) is 2.79. The summed E-state index contributed by atoms with van der Waals surface area (Å²) in [7, 11) is 0. The van der Waals surface area contributed by atoms with Gasteiger partial charge in [-0.25, -0.2) is 0 Å². The largest absolute Gasteiger partial charge is 0.366 e. The van der Waals surface area contributed by atoms with Gasteiger partial charge in [-0.05, 0) is 6.42 Å². The Labute approximate surface area is 48.0 Å². The molecule has 0 radical (unpaired) electrons. The summed E-state index contributed by atoms with van der Waals surface area (Å²) in [6.45, 7) is 1.22. The molecule has 1 saturated heterocycles. The molecule has 1 rings (SSSR count). The van der Waals surface area contributed by atoms with Gasteiger partial charge in [-0.15, -0.1) is 0 Å². The molecule has 0 spiro atoms. The van der Waals surface area contributed by atoms with Gasteiger partial charge < -0.3 is 9.53 Å². The molecule has 1 aliphatic heterocycles. The van der Waals surface area contributed by atoms with Gasteiger partial charge in [-0.1, -0.05) is 0 Å². The molecule has 3 heteroatoms. The van der Waals surface area contributed by atoms with E-state index in [4.69, 9.17) is 4.74 Å². The highest BCUT2D eigenvalue weighted by atomic mass is 16.5. The van der Waals surface area contributed by atoms with E-state index < -0.39 is 0 Å². The van der Waals surface area contributed by atoms with Crippen molar-refractivity contribution in [1.29, 1.82) is 0 Å². The molecule has 1 fully saturated rings. The number of ether oxygens (including phenoxy) is 1. The van der Waals surface area contributed by atoms with Crippen LogP contribution in [-0.4, -0.2) is 25.7 Å². The third kappa shape index (κ3) is 1.28. The Morgan fingerprint density at radius 1 is 1.75 bits per heavy atom. The molecule has 8 heavy (non-hydrogen) atoms. The number of carbonyl (C=O) groups is 1. The van der Waals surface area contributed by atoms with Crippen LogP contribution in [0.25, 0.3) is 0 Å². The van der Waals surface area contributed by atoms with Crippen molar-refractivity contribution in [3.05, 3.63) is 0 Å². The van der Waals surface area contributed by atoms with E-state index in [-0.39, 0.29) is 6.04 Å². The van der Waals surface area contributed by atoms with Crippen LogP contribution in [0.2, 0.25) is 0 Å². The Bertz CT molecular complexity index is 78.5. The minimum absolute atomic E-state index is 0.0312. The predicted molar refractivity (Wildman–Crippen MR) is 28.4 cm³/mol. The van der Waals surface area contributed by atoms with Crippen molar-refractivity contribution in [2.45, 2.75) is 12.5 Å². The van der Waals surface area contributed by atoms with Crippen LogP contribution in [0.15, 0.2) is 0 Å². The maximum Gasteiger partial charge on any atom is 0.137 e. The number of hydrogen-bond donors (Lipinski definition) is 1. The van der Waals surface area contributed by atoms with Crippen molar-refractivity contribution >= 4 is 6.29 Å². The van der Waals surface area contributed by atoms with Crippen LogP contribution < -0.4 is 5.32 Å². The van der Waals surface area contributed by atoms with Crippen LogP contribution in [0.3, 0.4) is 0 Å². The lowest BCUT2D eigenvalue weighted by Gasteiger charge is -2.17. The van der Waals surface area contributed by atoms with Crippen LogP contribution in [0, 0.1) is 0 Å². The summed E-state index contributed by atoms with van der Waals surface area (Å²) in [5.41, 5.74) is 0. The quantitative estimate of drug-likeness (QED) is 0.469. The molecular weight excluding hydrogens is 106 g/mol. The van der Waals surface area contributed by atoms with Gasteiger partial charge in [0, 0.05) is 0 Å². The smallest absolute Gasteiger partial charge is 0.137 e. The lowest BCUT2D eigenvalue weighted by Crippen LogP contribution is -2.38. The minimum Gasteiger partial charge on any atom is -0.366 e. The van der Waals surface area contributed by atoms with Gasteiger partial charge >= 0.3 is 0 Å². The first-order valence-electron chi connectivity index (χ1n) is 2.70. The first-order valence-corrected chi connectivity index (χ1v) is 2.70. The zero-order chi connectivity index (χ0) is 5.82. The van der Waals surface area contributed by atoms with Crippen molar-refractivity contribution in [2.75, 3.05) is 13.3 Å². The summed E-state index contributed by atoms with van der Waals surface area (Å²) in [5.74, 6) is 0. The van der Waals surface area contributed by atoms with Gasteiger partial charge in [0.05, 0.1) is 19.4 Å². The SMILES string of the molecule is O=CC1CCOCN1. The van der Waals surface area contributed by atoms with Crippen LogP contribution in [-0.2, 0) is 9.53 Å². The molecular formula is C5H9NO2. The van der Waals surface area contributed by atoms with Crippen molar-refractivity contribution in [1.82, 2.24) is 5.32 Å². The average Bonchev–Trinajstić information content (AvgIpc) is 1.90. The van der Waals surface area contributed by atoms with Crippen molar-refractivity contribution in [3.63, 3.8) is 0 Å². The fraction of sp³-hybridized carbons (Fsp3) is 0.800. The summed E-state index contributed by atoms with van der Waals surface area (Å²) < 4.78 is 4.93. The van der Waals surface area contributed by atoms with E-state index in [1.165, 1.54) is 0 Å². The fourth-order valence-electron chi connectivity index (χ4n) is 0.667. The highest BCUT2D eigenvalue weighted by Crippen LogP contribution is 1.94. The molecule has 46 valence electrons. The normalized spacial score (nSPS) is 29.8. The lowest BCUT2D eigenvalue weighted by molar-refractivity contribution is -0.111. The highest BCUT2D eigenvalue weighted by molar-refractivity contribution is 5.57. The minimum atomic E-state index is 0.0312. The molecule has 0 amide bonds. The third-order valence-corrected chi connectivity index (χ3v) is 1.19. The maximum atomic E-state index is 10.0. The summed E-state index contributed by atoms with van der Waals surface area (Å²) in [6.07, 6.45) is 1.73. The van der Waals surface area contributed by atoms with E-state index in [0.717, 1.165) is 12.7 Å². The van der Waals surface area contributed by atoms with E-state index in [0.29, 0.717) is 13.3 Å². The molecule has 3 nitrogen and oxygen atoms in total. The first-order chi connectivity index (χ1) is 3.93. The van der Waals surface area contributed by atoms with Gasteiger partial charge in [-0.2, -0.15) is 0 Å². The second-order valence-corrected chi connectivity index (χ2v) is 1.79. The Kier molecular flexibility index (Phi) is 2.00. The number of rotatable bonds is 1. The van der Waals surface area contributed by atoms with Crippen LogP contribution in [0.4, 0.5) is 0 Å². The van der Waals surface area contributed by atoms with E-state index in [1.54, 1.807) is 0 Å². The number of hydrogen-bond acceptors (Lipinski definition) is 3. The number of nitrogens with one attached hydrogen (secondary N) is 1. The zero-order valence-corrected chi connectivity index (χ0v) is 4.59. The molecule has 1 atom stereocenters. The lowest BCUT2D eigenvalue weighted by atomic mass is 10.2. The average molecular weight is 115 g/mol. The molecule has 1 unspecified atom stereocenters. The summed E-state index contributed by atoms with van der Waals surface area (Å²) in [6, 6.07) is 0.0312. The molecule has 1 N–H and O–H groups in total. The first kappa shape index (κ1) is 5.72. The Hall–Kier alpha value is -0.410. The van der Waals surface area contributed by atoms with E-state index in [2.05, 4.69) is 5.32 Å². The highest BCUT2D eigenvalue weighted by Gasteiger charge is 2.09. The third-order valence-electron chi connectivity index (χ3n) is 1.19. The molecule has 0 aromatic rings. The molecule has 0 aromatic carbocycles. The monoisotopic (exact) mass is 115 g/mol. The van der Waals surface area contributed by atoms with Gasteiger partial charge in [0.1, 0.15) is 6.29 Å². The molecule has 1 heterocycles. The van der Waals surface area contributed by atoms with E-state index in [1.807, 2.05) is 0 Å². The van der Waals surface area contributed by atoms with Gasteiger partial charge in [0.2, 0.25) is 0 Å². The zero-order valence-electron chi connectivity index (χ0n) is 4.59.